The van der Waals surface area contributed by atoms with E-state index in [1.165, 1.54) is 37.3 Å². The summed E-state index contributed by atoms with van der Waals surface area (Å²) in [5.74, 6) is -1.19. The van der Waals surface area contributed by atoms with Crippen LogP contribution in [0.15, 0.2) is 63.3 Å². The number of nitrogens with one attached hydrogen (secondary N) is 3. The average molecular weight is 501 g/mol. The Morgan fingerprint density at radius 1 is 0.943 bits per heavy atom. The summed E-state index contributed by atoms with van der Waals surface area (Å²) in [6, 6.07) is 11.9. The summed E-state index contributed by atoms with van der Waals surface area (Å²) in [5.41, 5.74) is 0.216. The largest absolute Gasteiger partial charge is 0.453 e. The van der Waals surface area contributed by atoms with Crippen molar-refractivity contribution in [3.63, 3.8) is 0 Å². The predicted octanol–water partition coefficient (Wildman–Crippen LogP) is 3.52. The highest BCUT2D eigenvalue weighted by Gasteiger charge is 2.24. The molecule has 0 aliphatic heterocycles. The van der Waals surface area contributed by atoms with E-state index in [2.05, 4.69) is 25.7 Å². The van der Waals surface area contributed by atoms with E-state index in [4.69, 9.17) is 0 Å². The van der Waals surface area contributed by atoms with E-state index in [0.29, 0.717) is 0 Å². The van der Waals surface area contributed by atoms with Gasteiger partial charge in [-0.1, -0.05) is 37.5 Å². The van der Waals surface area contributed by atoms with Gasteiger partial charge in [-0.2, -0.15) is 0 Å². The lowest BCUT2D eigenvalue weighted by Crippen LogP contribution is -2.46. The molecule has 10 nitrogen and oxygen atoms in total. The highest BCUT2D eigenvalue weighted by atomic mass is 32.2. The van der Waals surface area contributed by atoms with Gasteiger partial charge in [-0.05, 0) is 43.2 Å². The second kappa shape index (κ2) is 11.6. The second-order valence-electron chi connectivity index (χ2n) is 8.08. The summed E-state index contributed by atoms with van der Waals surface area (Å²) in [6.45, 7) is 1.29. The summed E-state index contributed by atoms with van der Waals surface area (Å²) < 4.78 is 30.9. The van der Waals surface area contributed by atoms with Gasteiger partial charge in [-0.25, -0.2) is 18.2 Å². The molecule has 0 unspecified atom stereocenters. The van der Waals surface area contributed by atoms with Gasteiger partial charge in [0, 0.05) is 12.8 Å². The SMILES string of the molecule is COC(=O)NC(=Nc1cc(S(=O)(=O)c2ccccc2)ccc1NC(C)=O)NC(=O)C1CCCCC1. The first-order chi connectivity index (χ1) is 16.7. The molecule has 11 heteroatoms. The van der Waals surface area contributed by atoms with E-state index in [1.807, 2.05) is 0 Å². The van der Waals surface area contributed by atoms with Crippen molar-refractivity contribution in [2.24, 2.45) is 10.9 Å². The second-order valence-corrected chi connectivity index (χ2v) is 10.0. The molecule has 1 aliphatic rings. The minimum atomic E-state index is -3.89. The molecule has 2 aromatic carbocycles. The number of carbonyl (C=O) groups excluding carboxylic acids is 3. The third kappa shape index (κ3) is 6.89. The number of methoxy groups -OCH3 is 1. The maximum Gasteiger partial charge on any atom is 0.413 e. The molecule has 0 aromatic heterocycles. The van der Waals surface area contributed by atoms with E-state index in [-0.39, 0.29) is 39.0 Å². The van der Waals surface area contributed by atoms with Crippen LogP contribution in [-0.4, -0.2) is 39.4 Å². The lowest BCUT2D eigenvalue weighted by Gasteiger charge is -2.21. The fourth-order valence-electron chi connectivity index (χ4n) is 3.74. The van der Waals surface area contributed by atoms with Gasteiger partial charge in [0.1, 0.15) is 0 Å². The molecule has 186 valence electrons. The van der Waals surface area contributed by atoms with Crippen LogP contribution in [0.5, 0.6) is 0 Å². The van der Waals surface area contributed by atoms with E-state index >= 15 is 0 Å². The summed E-state index contributed by atoms with van der Waals surface area (Å²) in [4.78, 5) is 40.7. The van der Waals surface area contributed by atoms with Crippen molar-refractivity contribution >= 4 is 45.1 Å². The number of rotatable bonds is 5. The lowest BCUT2D eigenvalue weighted by molar-refractivity contribution is -0.124. The first-order valence-electron chi connectivity index (χ1n) is 11.2. The molecular formula is C24H28N4O6S. The van der Waals surface area contributed by atoms with Gasteiger partial charge in [-0.3, -0.25) is 20.2 Å². The Bertz CT molecular complexity index is 1220. The highest BCUT2D eigenvalue weighted by Crippen LogP contribution is 2.31. The van der Waals surface area contributed by atoms with Gasteiger partial charge >= 0.3 is 6.09 Å². The molecule has 0 saturated heterocycles. The van der Waals surface area contributed by atoms with Crippen LogP contribution >= 0.6 is 0 Å². The molecule has 1 fully saturated rings. The van der Waals surface area contributed by atoms with Gasteiger partial charge in [0.2, 0.25) is 27.6 Å². The van der Waals surface area contributed by atoms with E-state index in [1.54, 1.807) is 18.2 Å². The third-order valence-electron chi connectivity index (χ3n) is 5.50. The third-order valence-corrected chi connectivity index (χ3v) is 7.27. The molecular weight excluding hydrogens is 472 g/mol. The van der Waals surface area contributed by atoms with Crippen molar-refractivity contribution in [2.75, 3.05) is 12.4 Å². The molecule has 1 aliphatic carbocycles. The van der Waals surface area contributed by atoms with E-state index in [9.17, 15) is 22.8 Å². The quantitative estimate of drug-likeness (QED) is 0.423. The van der Waals surface area contributed by atoms with Crippen molar-refractivity contribution in [1.82, 2.24) is 10.6 Å². The summed E-state index contributed by atoms with van der Waals surface area (Å²) in [6.07, 6.45) is 3.50. The van der Waals surface area contributed by atoms with Crippen molar-refractivity contribution < 1.29 is 27.5 Å². The minimum absolute atomic E-state index is 0.0209. The first-order valence-corrected chi connectivity index (χ1v) is 12.7. The first kappa shape index (κ1) is 25.9. The number of sulfone groups is 1. The smallest absolute Gasteiger partial charge is 0.413 e. The van der Waals surface area contributed by atoms with E-state index < -0.39 is 21.8 Å². The maximum absolute atomic E-state index is 13.1. The number of benzene rings is 2. The number of carbonyl (C=O) groups is 3. The number of guanidine groups is 1. The molecule has 1 saturated carbocycles. The summed E-state index contributed by atoms with van der Waals surface area (Å²) in [5, 5.41) is 7.54. The topological polar surface area (TPSA) is 143 Å². The molecule has 0 bridgehead atoms. The Labute approximate surface area is 204 Å². The summed E-state index contributed by atoms with van der Waals surface area (Å²) in [7, 11) is -2.73. The van der Waals surface area contributed by atoms with Crippen LogP contribution in [0.3, 0.4) is 0 Å². The number of aliphatic imine (C=N–C) groups is 1. The van der Waals surface area contributed by atoms with Gasteiger partial charge in [0.25, 0.3) is 0 Å². The number of nitrogens with zero attached hydrogens (tertiary/aromatic N) is 1. The van der Waals surface area contributed by atoms with Crippen LogP contribution in [0, 0.1) is 5.92 Å². The number of hydrogen-bond donors (Lipinski definition) is 3. The number of hydrogen-bond acceptors (Lipinski definition) is 7. The Morgan fingerprint density at radius 3 is 2.26 bits per heavy atom. The van der Waals surface area contributed by atoms with Crippen LogP contribution in [0.4, 0.5) is 16.2 Å². The van der Waals surface area contributed by atoms with Gasteiger partial charge in [0.05, 0.1) is 28.3 Å². The standard InChI is InChI=1S/C24H28N4O6S/c1-16(29)25-20-14-13-19(35(32,33)18-11-7-4-8-12-18)15-21(20)26-23(28-24(31)34-2)27-22(30)17-9-5-3-6-10-17/h4,7-8,11-15,17H,3,5-6,9-10H2,1-2H3,(H,25,29)(H2,26,27,28,30,31). The highest BCUT2D eigenvalue weighted by molar-refractivity contribution is 7.91. The van der Waals surface area contributed by atoms with Crippen molar-refractivity contribution in [1.29, 1.82) is 0 Å². The number of alkyl carbamates (subject to hydrolysis) is 1. The fraction of sp³-hybridized carbons (Fsp3) is 0.333. The average Bonchev–Trinajstić information content (AvgIpc) is 2.85. The van der Waals surface area contributed by atoms with Gasteiger partial charge < -0.3 is 10.1 Å². The molecule has 3 N–H and O–H groups in total. The summed E-state index contributed by atoms with van der Waals surface area (Å²) >= 11 is 0. The normalized spacial score (nSPS) is 14.6. The molecule has 35 heavy (non-hydrogen) atoms. The molecule has 3 amide bonds. The molecule has 0 heterocycles. The minimum Gasteiger partial charge on any atom is -0.453 e. The molecule has 2 aromatic rings. The molecule has 0 atom stereocenters. The fourth-order valence-corrected chi connectivity index (χ4v) is 5.04. The molecule has 0 radical (unpaired) electrons. The predicted molar refractivity (Wildman–Crippen MR) is 130 cm³/mol. The van der Waals surface area contributed by atoms with Gasteiger partial charge in [-0.15, -0.1) is 0 Å². The maximum atomic E-state index is 13.1. The Kier molecular flexibility index (Phi) is 8.58. The molecule has 3 rings (SSSR count). The van der Waals surface area contributed by atoms with Crippen LogP contribution in [0.1, 0.15) is 39.0 Å². The monoisotopic (exact) mass is 500 g/mol. The Hall–Kier alpha value is -3.73. The lowest BCUT2D eigenvalue weighted by atomic mass is 9.89. The Balaban J connectivity index is 2.04. The van der Waals surface area contributed by atoms with Gasteiger partial charge in [0.15, 0.2) is 0 Å². The van der Waals surface area contributed by atoms with Crippen LogP contribution in [0.25, 0.3) is 0 Å². The number of anilines is 1. The van der Waals surface area contributed by atoms with Crippen molar-refractivity contribution in [3.05, 3.63) is 48.5 Å². The van der Waals surface area contributed by atoms with Crippen molar-refractivity contribution in [3.8, 4) is 0 Å². The molecule has 0 spiro atoms. The zero-order chi connectivity index (χ0) is 25.4. The zero-order valence-corrected chi connectivity index (χ0v) is 20.4. The van der Waals surface area contributed by atoms with Crippen LogP contribution in [0.2, 0.25) is 0 Å². The number of amides is 3. The number of ether oxygens (including phenoxy) is 1. The van der Waals surface area contributed by atoms with Crippen LogP contribution < -0.4 is 16.0 Å². The van der Waals surface area contributed by atoms with Crippen molar-refractivity contribution in [2.45, 2.75) is 48.8 Å². The van der Waals surface area contributed by atoms with E-state index in [0.717, 1.165) is 39.2 Å². The zero-order valence-electron chi connectivity index (χ0n) is 19.5. The van der Waals surface area contributed by atoms with Crippen LogP contribution in [-0.2, 0) is 24.2 Å². The Morgan fingerprint density at radius 2 is 1.63 bits per heavy atom.